The van der Waals surface area contributed by atoms with Crippen molar-refractivity contribution in [2.24, 2.45) is 0 Å². The van der Waals surface area contributed by atoms with E-state index in [1.807, 2.05) is 13.1 Å². The van der Waals surface area contributed by atoms with E-state index in [0.717, 1.165) is 18.4 Å². The first-order chi connectivity index (χ1) is 7.98. The van der Waals surface area contributed by atoms with Crippen LogP contribution in [0.25, 0.3) is 0 Å². The third kappa shape index (κ3) is 4.44. The van der Waals surface area contributed by atoms with Crippen LogP contribution in [0.15, 0.2) is 24.3 Å². The molecule has 1 unspecified atom stereocenters. The Balaban J connectivity index is 2.66. The predicted octanol–water partition coefficient (Wildman–Crippen LogP) is 3.29. The standard InChI is InChI=1S/C14H22FNO/c1-14(2,17-4)9-8-13(16-3)11-6-5-7-12(15)10-11/h5-7,10,13,16H,8-9H2,1-4H3. The van der Waals surface area contributed by atoms with Gasteiger partial charge in [0.1, 0.15) is 5.82 Å². The highest BCUT2D eigenvalue weighted by atomic mass is 19.1. The molecule has 0 amide bonds. The number of benzene rings is 1. The fourth-order valence-corrected chi connectivity index (χ4v) is 1.80. The van der Waals surface area contributed by atoms with E-state index in [9.17, 15) is 4.39 Å². The van der Waals surface area contributed by atoms with Gasteiger partial charge in [-0.2, -0.15) is 0 Å². The van der Waals surface area contributed by atoms with Crippen molar-refractivity contribution in [3.63, 3.8) is 0 Å². The van der Waals surface area contributed by atoms with Gasteiger partial charge in [0.15, 0.2) is 0 Å². The smallest absolute Gasteiger partial charge is 0.123 e. The molecule has 0 heterocycles. The van der Waals surface area contributed by atoms with Crippen LogP contribution in [-0.2, 0) is 4.74 Å². The second-order valence-corrected chi connectivity index (χ2v) is 4.90. The Bertz CT molecular complexity index is 352. The topological polar surface area (TPSA) is 21.3 Å². The molecule has 1 aromatic rings. The Kier molecular flexibility index (Phi) is 5.09. The summed E-state index contributed by atoms with van der Waals surface area (Å²) in [5.41, 5.74) is 0.849. The van der Waals surface area contributed by atoms with Crippen molar-refractivity contribution in [1.82, 2.24) is 5.32 Å². The maximum absolute atomic E-state index is 13.2. The number of methoxy groups -OCH3 is 1. The fourth-order valence-electron chi connectivity index (χ4n) is 1.80. The zero-order chi connectivity index (χ0) is 12.9. The molecule has 2 nitrogen and oxygen atoms in total. The van der Waals surface area contributed by atoms with Gasteiger partial charge < -0.3 is 10.1 Å². The summed E-state index contributed by atoms with van der Waals surface area (Å²) < 4.78 is 18.5. The highest BCUT2D eigenvalue weighted by Crippen LogP contribution is 2.24. The lowest BCUT2D eigenvalue weighted by atomic mass is 9.95. The summed E-state index contributed by atoms with van der Waals surface area (Å²) in [6.45, 7) is 4.12. The Labute approximate surface area is 103 Å². The van der Waals surface area contributed by atoms with Gasteiger partial charge in [0.25, 0.3) is 0 Å². The largest absolute Gasteiger partial charge is 0.379 e. The second-order valence-electron chi connectivity index (χ2n) is 4.90. The normalized spacial score (nSPS) is 13.7. The summed E-state index contributed by atoms with van der Waals surface area (Å²) in [5.74, 6) is -0.186. The number of hydrogen-bond acceptors (Lipinski definition) is 2. The summed E-state index contributed by atoms with van der Waals surface area (Å²) in [4.78, 5) is 0. The first-order valence-corrected chi connectivity index (χ1v) is 5.96. The lowest BCUT2D eigenvalue weighted by molar-refractivity contribution is 0.0118. The van der Waals surface area contributed by atoms with Crippen molar-refractivity contribution < 1.29 is 9.13 Å². The highest BCUT2D eigenvalue weighted by molar-refractivity contribution is 5.20. The molecule has 1 atom stereocenters. The van der Waals surface area contributed by atoms with Crippen molar-refractivity contribution in [2.75, 3.05) is 14.2 Å². The molecule has 0 aliphatic heterocycles. The van der Waals surface area contributed by atoms with Crippen molar-refractivity contribution in [3.8, 4) is 0 Å². The number of halogens is 1. The third-order valence-electron chi connectivity index (χ3n) is 3.19. The van der Waals surface area contributed by atoms with E-state index in [2.05, 4.69) is 19.2 Å². The summed E-state index contributed by atoms with van der Waals surface area (Å²) in [5, 5.41) is 3.22. The average Bonchev–Trinajstić information content (AvgIpc) is 2.30. The molecule has 1 aromatic carbocycles. The number of nitrogens with one attached hydrogen (secondary N) is 1. The number of rotatable bonds is 6. The van der Waals surface area contributed by atoms with E-state index in [1.54, 1.807) is 19.2 Å². The summed E-state index contributed by atoms with van der Waals surface area (Å²) >= 11 is 0. The zero-order valence-electron chi connectivity index (χ0n) is 11.1. The van der Waals surface area contributed by atoms with E-state index in [-0.39, 0.29) is 17.5 Å². The van der Waals surface area contributed by atoms with Crippen molar-refractivity contribution >= 4 is 0 Å². The molecule has 1 rings (SSSR count). The maximum Gasteiger partial charge on any atom is 0.123 e. The molecule has 0 radical (unpaired) electrons. The van der Waals surface area contributed by atoms with E-state index in [4.69, 9.17) is 4.74 Å². The van der Waals surface area contributed by atoms with Crippen molar-refractivity contribution in [2.45, 2.75) is 38.3 Å². The molecule has 0 bridgehead atoms. The molecule has 0 aliphatic rings. The van der Waals surface area contributed by atoms with Crippen LogP contribution in [0.3, 0.4) is 0 Å². The van der Waals surface area contributed by atoms with E-state index in [1.165, 1.54) is 6.07 Å². The molecular formula is C14H22FNO. The van der Waals surface area contributed by atoms with Crippen molar-refractivity contribution in [3.05, 3.63) is 35.6 Å². The SMILES string of the molecule is CNC(CCC(C)(C)OC)c1cccc(F)c1. The van der Waals surface area contributed by atoms with Crippen LogP contribution in [0.1, 0.15) is 38.3 Å². The first-order valence-electron chi connectivity index (χ1n) is 5.96. The van der Waals surface area contributed by atoms with E-state index in [0.29, 0.717) is 0 Å². The summed E-state index contributed by atoms with van der Waals surface area (Å²) in [6, 6.07) is 6.91. The van der Waals surface area contributed by atoms with Crippen LogP contribution in [0.5, 0.6) is 0 Å². The third-order valence-corrected chi connectivity index (χ3v) is 3.19. The van der Waals surface area contributed by atoms with Crippen LogP contribution in [0.2, 0.25) is 0 Å². The van der Waals surface area contributed by atoms with Gasteiger partial charge >= 0.3 is 0 Å². The minimum atomic E-state index is -0.186. The molecule has 96 valence electrons. The average molecular weight is 239 g/mol. The molecule has 3 heteroatoms. The lowest BCUT2D eigenvalue weighted by Crippen LogP contribution is -2.26. The molecule has 0 saturated carbocycles. The minimum Gasteiger partial charge on any atom is -0.379 e. The van der Waals surface area contributed by atoms with Gasteiger partial charge in [-0.3, -0.25) is 0 Å². The Morgan fingerprint density at radius 1 is 1.41 bits per heavy atom. The Hall–Kier alpha value is -0.930. The Morgan fingerprint density at radius 2 is 2.12 bits per heavy atom. The molecule has 0 spiro atoms. The van der Waals surface area contributed by atoms with E-state index >= 15 is 0 Å². The van der Waals surface area contributed by atoms with Gasteiger partial charge in [-0.1, -0.05) is 12.1 Å². The van der Waals surface area contributed by atoms with E-state index < -0.39 is 0 Å². The fraction of sp³-hybridized carbons (Fsp3) is 0.571. The molecular weight excluding hydrogens is 217 g/mol. The van der Waals surface area contributed by atoms with Gasteiger partial charge in [0, 0.05) is 13.2 Å². The highest BCUT2D eigenvalue weighted by Gasteiger charge is 2.19. The number of ether oxygens (including phenoxy) is 1. The van der Waals surface area contributed by atoms with Crippen LogP contribution in [0.4, 0.5) is 4.39 Å². The Morgan fingerprint density at radius 3 is 2.65 bits per heavy atom. The molecule has 0 saturated heterocycles. The maximum atomic E-state index is 13.2. The monoisotopic (exact) mass is 239 g/mol. The van der Waals surface area contributed by atoms with Crippen LogP contribution in [-0.4, -0.2) is 19.8 Å². The van der Waals surface area contributed by atoms with Gasteiger partial charge in [0.05, 0.1) is 5.60 Å². The van der Waals surface area contributed by atoms with Gasteiger partial charge in [-0.05, 0) is 51.4 Å². The molecule has 1 N–H and O–H groups in total. The molecule has 17 heavy (non-hydrogen) atoms. The van der Waals surface area contributed by atoms with Crippen molar-refractivity contribution in [1.29, 1.82) is 0 Å². The van der Waals surface area contributed by atoms with Crippen LogP contribution < -0.4 is 5.32 Å². The predicted molar refractivity (Wildman–Crippen MR) is 68.5 cm³/mol. The lowest BCUT2D eigenvalue weighted by Gasteiger charge is -2.26. The zero-order valence-corrected chi connectivity index (χ0v) is 11.1. The van der Waals surface area contributed by atoms with Crippen LogP contribution in [0, 0.1) is 5.82 Å². The second kappa shape index (κ2) is 6.12. The van der Waals surface area contributed by atoms with Gasteiger partial charge in [0.2, 0.25) is 0 Å². The summed E-state index contributed by atoms with van der Waals surface area (Å²) in [7, 11) is 3.62. The summed E-state index contributed by atoms with van der Waals surface area (Å²) in [6.07, 6.45) is 1.84. The molecule has 0 aliphatic carbocycles. The first kappa shape index (κ1) is 14.1. The molecule has 0 aromatic heterocycles. The van der Waals surface area contributed by atoms with Gasteiger partial charge in [-0.15, -0.1) is 0 Å². The molecule has 0 fully saturated rings. The van der Waals surface area contributed by atoms with Gasteiger partial charge in [-0.25, -0.2) is 4.39 Å². The number of hydrogen-bond donors (Lipinski definition) is 1. The minimum absolute atomic E-state index is 0.136. The quantitative estimate of drug-likeness (QED) is 0.822. The van der Waals surface area contributed by atoms with Crippen LogP contribution >= 0.6 is 0 Å².